The van der Waals surface area contributed by atoms with Gasteiger partial charge >= 0.3 is 0 Å². The highest BCUT2D eigenvalue weighted by Crippen LogP contribution is 2.22. The Balaban J connectivity index is 1.75. The van der Waals surface area contributed by atoms with Gasteiger partial charge in [0.1, 0.15) is 5.75 Å². The van der Waals surface area contributed by atoms with E-state index in [1.54, 1.807) is 6.20 Å². The first kappa shape index (κ1) is 13.3. The summed E-state index contributed by atoms with van der Waals surface area (Å²) in [6.07, 6.45) is 1.76. The number of para-hydroxylation sites is 1. The van der Waals surface area contributed by atoms with Crippen LogP contribution in [0.2, 0.25) is 0 Å². The lowest BCUT2D eigenvalue weighted by molar-refractivity contribution is 0.462. The van der Waals surface area contributed by atoms with Crippen molar-refractivity contribution in [2.75, 3.05) is 0 Å². The number of nitrogens with zero attached hydrogens (tertiary/aromatic N) is 1. The van der Waals surface area contributed by atoms with E-state index >= 15 is 0 Å². The lowest BCUT2D eigenvalue weighted by atomic mass is 10.0. The number of hydrogen-bond acceptors (Lipinski definition) is 3. The second-order valence-corrected chi connectivity index (χ2v) is 4.73. The zero-order valence-electron chi connectivity index (χ0n) is 11.5. The molecule has 1 aromatic heterocycles. The summed E-state index contributed by atoms with van der Waals surface area (Å²) in [5, 5.41) is 0. The first-order valence-corrected chi connectivity index (χ1v) is 6.82. The molecule has 104 valence electrons. The molecule has 2 N–H and O–H groups in total. The van der Waals surface area contributed by atoms with Gasteiger partial charge in [-0.05, 0) is 23.3 Å². The average molecular weight is 276 g/mol. The Kier molecular flexibility index (Phi) is 3.94. The highest BCUT2D eigenvalue weighted by atomic mass is 16.5. The van der Waals surface area contributed by atoms with Crippen LogP contribution in [0.5, 0.6) is 11.6 Å². The van der Waals surface area contributed by atoms with Gasteiger partial charge in [-0.2, -0.15) is 0 Å². The zero-order chi connectivity index (χ0) is 14.5. The molecule has 3 nitrogen and oxygen atoms in total. The molecule has 0 fully saturated rings. The van der Waals surface area contributed by atoms with E-state index in [4.69, 9.17) is 10.5 Å². The molecule has 0 aliphatic rings. The second-order valence-electron chi connectivity index (χ2n) is 4.73. The minimum Gasteiger partial charge on any atom is -0.439 e. The molecule has 2 aromatic carbocycles. The monoisotopic (exact) mass is 276 g/mol. The SMILES string of the molecule is NC(c1ccccc1)c1ccc(Oc2ccccc2)nc1. The molecule has 0 amide bonds. The quantitative estimate of drug-likeness (QED) is 0.785. The summed E-state index contributed by atoms with van der Waals surface area (Å²) in [4.78, 5) is 4.32. The molecule has 1 heterocycles. The lowest BCUT2D eigenvalue weighted by Crippen LogP contribution is -2.11. The van der Waals surface area contributed by atoms with E-state index < -0.39 is 0 Å². The summed E-state index contributed by atoms with van der Waals surface area (Å²) in [7, 11) is 0. The van der Waals surface area contributed by atoms with Crippen LogP contribution >= 0.6 is 0 Å². The fraction of sp³-hybridized carbons (Fsp3) is 0.0556. The Morgan fingerprint density at radius 2 is 1.43 bits per heavy atom. The van der Waals surface area contributed by atoms with Gasteiger partial charge in [0.15, 0.2) is 0 Å². The third-order valence-electron chi connectivity index (χ3n) is 3.24. The molecule has 0 saturated heterocycles. The van der Waals surface area contributed by atoms with E-state index in [1.165, 1.54) is 0 Å². The van der Waals surface area contributed by atoms with E-state index in [0.29, 0.717) is 5.88 Å². The van der Waals surface area contributed by atoms with Gasteiger partial charge in [-0.3, -0.25) is 0 Å². The summed E-state index contributed by atoms with van der Waals surface area (Å²) < 4.78 is 5.67. The van der Waals surface area contributed by atoms with Crippen molar-refractivity contribution in [3.63, 3.8) is 0 Å². The maximum Gasteiger partial charge on any atom is 0.219 e. The highest BCUT2D eigenvalue weighted by Gasteiger charge is 2.09. The number of benzene rings is 2. The molecule has 3 heteroatoms. The largest absolute Gasteiger partial charge is 0.439 e. The van der Waals surface area contributed by atoms with Gasteiger partial charge < -0.3 is 10.5 Å². The Morgan fingerprint density at radius 1 is 0.762 bits per heavy atom. The molecule has 0 aliphatic carbocycles. The summed E-state index contributed by atoms with van der Waals surface area (Å²) in [5.41, 5.74) is 8.26. The minimum absolute atomic E-state index is 0.176. The molecule has 0 bridgehead atoms. The van der Waals surface area contributed by atoms with Crippen LogP contribution in [-0.2, 0) is 0 Å². The smallest absolute Gasteiger partial charge is 0.219 e. The summed E-state index contributed by atoms with van der Waals surface area (Å²) in [6, 6.07) is 23.2. The molecular weight excluding hydrogens is 260 g/mol. The van der Waals surface area contributed by atoms with E-state index in [0.717, 1.165) is 16.9 Å². The van der Waals surface area contributed by atoms with Crippen molar-refractivity contribution in [2.24, 2.45) is 5.73 Å². The van der Waals surface area contributed by atoms with Crippen molar-refractivity contribution in [2.45, 2.75) is 6.04 Å². The van der Waals surface area contributed by atoms with Crippen LogP contribution in [-0.4, -0.2) is 4.98 Å². The number of pyridine rings is 1. The van der Waals surface area contributed by atoms with Crippen molar-refractivity contribution < 1.29 is 4.74 Å². The van der Waals surface area contributed by atoms with Crippen LogP contribution in [0, 0.1) is 0 Å². The normalized spacial score (nSPS) is 11.9. The highest BCUT2D eigenvalue weighted by molar-refractivity contribution is 5.32. The fourth-order valence-electron chi connectivity index (χ4n) is 2.10. The molecule has 1 unspecified atom stereocenters. The van der Waals surface area contributed by atoms with E-state index in [1.807, 2.05) is 72.8 Å². The molecule has 1 atom stereocenters. The Morgan fingerprint density at radius 3 is 2.05 bits per heavy atom. The Bertz CT molecular complexity index is 681. The van der Waals surface area contributed by atoms with Crippen LogP contribution in [0.3, 0.4) is 0 Å². The van der Waals surface area contributed by atoms with Gasteiger partial charge in [-0.1, -0.05) is 54.6 Å². The lowest BCUT2D eigenvalue weighted by Gasteiger charge is -2.12. The summed E-state index contributed by atoms with van der Waals surface area (Å²) in [6.45, 7) is 0. The van der Waals surface area contributed by atoms with Crippen LogP contribution in [0.4, 0.5) is 0 Å². The Hall–Kier alpha value is -2.65. The Labute approximate surface area is 124 Å². The molecule has 0 spiro atoms. The van der Waals surface area contributed by atoms with Crippen LogP contribution in [0.25, 0.3) is 0 Å². The number of rotatable bonds is 4. The van der Waals surface area contributed by atoms with Crippen molar-refractivity contribution in [1.82, 2.24) is 4.98 Å². The van der Waals surface area contributed by atoms with Crippen molar-refractivity contribution in [1.29, 1.82) is 0 Å². The fourth-order valence-corrected chi connectivity index (χ4v) is 2.10. The third kappa shape index (κ3) is 3.27. The molecule has 21 heavy (non-hydrogen) atoms. The standard InChI is InChI=1S/C18H16N2O/c19-18(14-7-3-1-4-8-14)15-11-12-17(20-13-15)21-16-9-5-2-6-10-16/h1-13,18H,19H2. The predicted molar refractivity (Wildman–Crippen MR) is 83.2 cm³/mol. The average Bonchev–Trinajstić information content (AvgIpc) is 2.57. The molecular formula is C18H16N2O. The van der Waals surface area contributed by atoms with Crippen LogP contribution < -0.4 is 10.5 Å². The number of hydrogen-bond donors (Lipinski definition) is 1. The third-order valence-corrected chi connectivity index (χ3v) is 3.24. The van der Waals surface area contributed by atoms with Gasteiger partial charge in [0.05, 0.1) is 6.04 Å². The summed E-state index contributed by atoms with van der Waals surface area (Å²) >= 11 is 0. The van der Waals surface area contributed by atoms with Gasteiger partial charge in [0.25, 0.3) is 0 Å². The van der Waals surface area contributed by atoms with E-state index in [2.05, 4.69) is 4.98 Å². The van der Waals surface area contributed by atoms with E-state index in [-0.39, 0.29) is 6.04 Å². The van der Waals surface area contributed by atoms with Crippen LogP contribution in [0.15, 0.2) is 79.0 Å². The van der Waals surface area contributed by atoms with E-state index in [9.17, 15) is 0 Å². The van der Waals surface area contributed by atoms with Gasteiger partial charge in [0, 0.05) is 12.3 Å². The molecule has 3 aromatic rings. The maximum absolute atomic E-state index is 6.24. The second kappa shape index (κ2) is 6.20. The minimum atomic E-state index is -0.176. The van der Waals surface area contributed by atoms with Crippen molar-refractivity contribution in [3.05, 3.63) is 90.1 Å². The van der Waals surface area contributed by atoms with Gasteiger partial charge in [-0.15, -0.1) is 0 Å². The topological polar surface area (TPSA) is 48.1 Å². The van der Waals surface area contributed by atoms with Gasteiger partial charge in [0.2, 0.25) is 5.88 Å². The number of aromatic nitrogens is 1. The van der Waals surface area contributed by atoms with Crippen molar-refractivity contribution >= 4 is 0 Å². The number of ether oxygens (including phenoxy) is 1. The zero-order valence-corrected chi connectivity index (χ0v) is 11.5. The first-order chi connectivity index (χ1) is 10.3. The summed E-state index contributed by atoms with van der Waals surface area (Å²) in [5.74, 6) is 1.33. The predicted octanol–water partition coefficient (Wildman–Crippen LogP) is 3.92. The van der Waals surface area contributed by atoms with Crippen LogP contribution in [0.1, 0.15) is 17.2 Å². The molecule has 0 saturated carbocycles. The molecule has 3 rings (SSSR count). The van der Waals surface area contributed by atoms with Gasteiger partial charge in [-0.25, -0.2) is 4.98 Å². The van der Waals surface area contributed by atoms with Crippen molar-refractivity contribution in [3.8, 4) is 11.6 Å². The molecule has 0 radical (unpaired) electrons. The number of nitrogens with two attached hydrogens (primary N) is 1. The molecule has 0 aliphatic heterocycles. The maximum atomic E-state index is 6.24. The first-order valence-electron chi connectivity index (χ1n) is 6.82.